The quantitative estimate of drug-likeness (QED) is 0.108. The second kappa shape index (κ2) is 18.3. The van der Waals surface area contributed by atoms with E-state index >= 15 is 70.2 Å². The number of benzene rings is 3. The summed E-state index contributed by atoms with van der Waals surface area (Å²) in [5.74, 6) is -54.4. The van der Waals surface area contributed by atoms with Gasteiger partial charge in [-0.2, -0.15) is 76.1 Å². The Balaban J connectivity index is 1.59. The number of nitrogens with zero attached hydrogens (tertiary/aromatic N) is 8. The molecular formula is C50H14F16N8. The maximum atomic E-state index is 16.5. The number of allylic oxidation sites excluding steroid dienone is 4. The van der Waals surface area contributed by atoms with E-state index in [-0.39, 0.29) is 0 Å². The molecule has 0 spiro atoms. The van der Waals surface area contributed by atoms with Crippen LogP contribution in [0.3, 0.4) is 0 Å². The van der Waals surface area contributed by atoms with Crippen molar-refractivity contribution in [2.45, 2.75) is 23.7 Å². The lowest BCUT2D eigenvalue weighted by Gasteiger charge is -2.33. The third-order valence-electron chi connectivity index (χ3n) is 12.5. The second-order valence-electron chi connectivity index (χ2n) is 15.9. The van der Waals surface area contributed by atoms with Crippen LogP contribution in [0.4, 0.5) is 70.2 Å². The highest BCUT2D eigenvalue weighted by atomic mass is 19.2. The minimum absolute atomic E-state index is 0.413. The van der Waals surface area contributed by atoms with E-state index in [4.69, 9.17) is 0 Å². The molecule has 24 heteroatoms. The Bertz CT molecular complexity index is 3430. The molecule has 4 heterocycles. The van der Waals surface area contributed by atoms with Crippen LogP contribution >= 0.6 is 0 Å². The number of nitriles is 4. The SMILES string of the molecule is N#CC1=C(c2ccccc2)C(C(c2c(F)c(F)nc(F)c2F)c2c(F)c(F)nc(F)c2F)c2c(C#N)c3c(c(C#N)c21)C(C#N)=C(c1ccccc1)C3C(c1c(F)c(F)nc(F)c1F)c1c(F)c(F)nc(F)c1F. The van der Waals surface area contributed by atoms with E-state index in [0.717, 1.165) is 24.3 Å². The van der Waals surface area contributed by atoms with Crippen molar-refractivity contribution in [1.82, 2.24) is 19.9 Å². The van der Waals surface area contributed by atoms with Crippen molar-refractivity contribution in [3.05, 3.63) is 222 Å². The third kappa shape index (κ3) is 7.12. The van der Waals surface area contributed by atoms with Crippen molar-refractivity contribution in [3.63, 3.8) is 0 Å². The molecule has 0 bridgehead atoms. The summed E-state index contributed by atoms with van der Waals surface area (Å²) in [5.41, 5.74) is -20.1. The fourth-order valence-electron chi connectivity index (χ4n) is 9.87. The number of pyridine rings is 4. The van der Waals surface area contributed by atoms with Gasteiger partial charge in [-0.1, -0.05) is 60.7 Å². The van der Waals surface area contributed by atoms with Crippen molar-refractivity contribution < 1.29 is 70.2 Å². The van der Waals surface area contributed by atoms with Gasteiger partial charge in [0.05, 0.1) is 28.3 Å². The van der Waals surface area contributed by atoms with Crippen LogP contribution in [0.5, 0.6) is 0 Å². The summed E-state index contributed by atoms with van der Waals surface area (Å²) in [5, 5.41) is 44.9. The molecule has 74 heavy (non-hydrogen) atoms. The normalized spacial score (nSPS) is 14.8. The van der Waals surface area contributed by atoms with Gasteiger partial charge in [-0.3, -0.25) is 0 Å². The minimum Gasteiger partial charge on any atom is -0.201 e. The number of rotatable bonds is 8. The molecule has 0 fully saturated rings. The first kappa shape index (κ1) is 49.6. The summed E-state index contributed by atoms with van der Waals surface area (Å²) in [7, 11) is 0. The molecule has 366 valence electrons. The maximum Gasteiger partial charge on any atom is 0.252 e. The highest BCUT2D eigenvalue weighted by Crippen LogP contribution is 2.64. The molecule has 2 unspecified atom stereocenters. The van der Waals surface area contributed by atoms with E-state index in [9.17, 15) is 21.0 Å². The Hall–Kier alpha value is -9.42. The van der Waals surface area contributed by atoms with Crippen molar-refractivity contribution in [1.29, 1.82) is 21.0 Å². The lowest BCUT2D eigenvalue weighted by atomic mass is 9.68. The van der Waals surface area contributed by atoms with Gasteiger partial charge in [0.2, 0.25) is 0 Å². The molecule has 0 radical (unpaired) electrons. The van der Waals surface area contributed by atoms with Crippen molar-refractivity contribution in [3.8, 4) is 24.3 Å². The van der Waals surface area contributed by atoms with Crippen LogP contribution in [-0.4, -0.2) is 19.9 Å². The summed E-state index contributed by atoms with van der Waals surface area (Å²) in [6.07, 6.45) is 0. The first-order valence-electron chi connectivity index (χ1n) is 20.5. The molecule has 4 aromatic heterocycles. The van der Waals surface area contributed by atoms with Crippen LogP contribution in [0.2, 0.25) is 0 Å². The lowest BCUT2D eigenvalue weighted by molar-refractivity contribution is 0.368. The molecule has 0 saturated carbocycles. The van der Waals surface area contributed by atoms with Gasteiger partial charge in [-0.25, -0.2) is 35.1 Å². The van der Waals surface area contributed by atoms with Gasteiger partial charge in [0.1, 0.15) is 18.2 Å². The Morgan fingerprint density at radius 3 is 0.797 bits per heavy atom. The Morgan fingerprint density at radius 1 is 0.338 bits per heavy atom. The lowest BCUT2D eigenvalue weighted by Crippen LogP contribution is -2.25. The van der Waals surface area contributed by atoms with Crippen LogP contribution in [0.25, 0.3) is 22.3 Å². The monoisotopic (exact) mass is 1030 g/mol. The molecule has 8 nitrogen and oxygen atoms in total. The molecule has 9 rings (SSSR count). The molecular weight excluding hydrogens is 1020 g/mol. The standard InChI is InChI=1S/C50H14F16N8/c51-35-31(36(52)44(60)71-43(35)59)29(32-37(53)45(61)72-46(62)38(32)54)27-21(15-7-3-1-4-8-15)17(11-67)23-19(13-69)24-18(12-68)22(16-9-5-2-6-10-16)28(26(24)20(14-70)25(23)27)30(33-39(55)47(63)73-48(64)40(33)56)34-41(57)49(65)74-50(66)42(34)58/h1-10,27-30H. The van der Waals surface area contributed by atoms with E-state index in [1.165, 1.54) is 42.5 Å². The van der Waals surface area contributed by atoms with E-state index in [1.54, 1.807) is 18.2 Å². The average Bonchev–Trinajstić information content (AvgIpc) is 3.91. The summed E-state index contributed by atoms with van der Waals surface area (Å²) < 4.78 is 255. The molecule has 0 amide bonds. The Labute approximate surface area is 402 Å². The van der Waals surface area contributed by atoms with Crippen molar-refractivity contribution in [2.75, 3.05) is 0 Å². The molecule has 0 saturated heterocycles. The van der Waals surface area contributed by atoms with Gasteiger partial charge in [0.25, 0.3) is 47.6 Å². The molecule has 2 atom stereocenters. The molecule has 0 N–H and O–H groups in total. The highest BCUT2D eigenvalue weighted by molar-refractivity contribution is 6.13. The number of hydrogen-bond acceptors (Lipinski definition) is 8. The van der Waals surface area contributed by atoms with Gasteiger partial charge < -0.3 is 0 Å². The fourth-order valence-corrected chi connectivity index (χ4v) is 9.87. The first-order chi connectivity index (χ1) is 35.3. The summed E-state index contributed by atoms with van der Waals surface area (Å²) >= 11 is 0. The van der Waals surface area contributed by atoms with Gasteiger partial charge in [-0.05, 0) is 33.4 Å². The number of aromatic nitrogens is 4. The predicted molar refractivity (Wildman–Crippen MR) is 219 cm³/mol. The van der Waals surface area contributed by atoms with Gasteiger partial charge in [0, 0.05) is 57.1 Å². The maximum absolute atomic E-state index is 16.5. The zero-order valence-electron chi connectivity index (χ0n) is 35.7. The molecule has 0 aliphatic heterocycles. The summed E-state index contributed by atoms with van der Waals surface area (Å²) in [4.78, 5) is 9.63. The Morgan fingerprint density at radius 2 is 0.581 bits per heavy atom. The van der Waals surface area contributed by atoms with Crippen LogP contribution in [-0.2, 0) is 0 Å². The van der Waals surface area contributed by atoms with E-state index in [0.29, 0.717) is 0 Å². The van der Waals surface area contributed by atoms with Gasteiger partial charge >= 0.3 is 0 Å². The van der Waals surface area contributed by atoms with E-state index in [2.05, 4.69) is 19.9 Å². The van der Waals surface area contributed by atoms with Gasteiger partial charge in [0.15, 0.2) is 46.5 Å². The number of halogens is 16. The third-order valence-corrected chi connectivity index (χ3v) is 12.5. The zero-order valence-corrected chi connectivity index (χ0v) is 35.7. The van der Waals surface area contributed by atoms with Crippen LogP contribution < -0.4 is 0 Å². The molecule has 7 aromatic rings. The van der Waals surface area contributed by atoms with Gasteiger partial charge in [-0.15, -0.1) is 0 Å². The average molecular weight is 1030 g/mol. The smallest absolute Gasteiger partial charge is 0.201 e. The summed E-state index contributed by atoms with van der Waals surface area (Å²) in [6, 6.07) is 17.9. The second-order valence-corrected chi connectivity index (χ2v) is 15.9. The van der Waals surface area contributed by atoms with Crippen LogP contribution in [0.1, 0.15) is 90.4 Å². The minimum atomic E-state index is -3.39. The largest absolute Gasteiger partial charge is 0.252 e. The molecule has 3 aromatic carbocycles. The zero-order chi connectivity index (χ0) is 53.5. The number of hydrogen-bond donors (Lipinski definition) is 0. The topological polar surface area (TPSA) is 147 Å². The van der Waals surface area contributed by atoms with Crippen molar-refractivity contribution in [2.24, 2.45) is 0 Å². The number of fused-ring (bicyclic) bond motifs is 2. The van der Waals surface area contributed by atoms with E-state index in [1.807, 2.05) is 0 Å². The van der Waals surface area contributed by atoms with Crippen LogP contribution in [0, 0.1) is 139 Å². The van der Waals surface area contributed by atoms with E-state index < -0.39 is 207 Å². The van der Waals surface area contributed by atoms with Crippen molar-refractivity contribution >= 4 is 22.3 Å². The Kier molecular flexibility index (Phi) is 12.3. The fraction of sp³-hybridized carbons (Fsp3) is 0.0800. The first-order valence-corrected chi connectivity index (χ1v) is 20.5. The van der Waals surface area contributed by atoms with Crippen LogP contribution in [0.15, 0.2) is 60.7 Å². The molecule has 2 aliphatic rings. The summed E-state index contributed by atoms with van der Waals surface area (Å²) in [6.45, 7) is 0. The highest BCUT2D eigenvalue weighted by Gasteiger charge is 2.53. The molecule has 2 aliphatic carbocycles. The predicted octanol–water partition coefficient (Wildman–Crippen LogP) is 12.0.